The third-order valence-corrected chi connectivity index (χ3v) is 6.42. The quantitative estimate of drug-likeness (QED) is 0.407. The first-order chi connectivity index (χ1) is 12.7. The molecular formula is C24H26N2. The van der Waals surface area contributed by atoms with E-state index in [9.17, 15) is 0 Å². The van der Waals surface area contributed by atoms with E-state index in [-0.39, 0.29) is 0 Å². The van der Waals surface area contributed by atoms with Crippen LogP contribution in [0.3, 0.4) is 0 Å². The Bertz CT molecular complexity index is 1050. The van der Waals surface area contributed by atoms with E-state index < -0.39 is 0 Å². The second kappa shape index (κ2) is 5.51. The van der Waals surface area contributed by atoms with Gasteiger partial charge in [-0.05, 0) is 37.1 Å². The van der Waals surface area contributed by atoms with Crippen LogP contribution in [0.25, 0.3) is 21.8 Å². The number of hydrogen-bond donors (Lipinski definition) is 0. The van der Waals surface area contributed by atoms with E-state index in [1.165, 1.54) is 33.2 Å². The van der Waals surface area contributed by atoms with Gasteiger partial charge in [0.05, 0.1) is 0 Å². The molecule has 4 aromatic rings. The molecule has 0 saturated carbocycles. The molecule has 0 amide bonds. The highest BCUT2D eigenvalue weighted by Crippen LogP contribution is 2.50. The first-order valence-electron chi connectivity index (χ1n) is 9.91. The molecule has 132 valence electrons. The predicted octanol–water partition coefficient (Wildman–Crippen LogP) is 6.25. The van der Waals surface area contributed by atoms with Crippen molar-refractivity contribution in [2.75, 3.05) is 0 Å². The van der Waals surface area contributed by atoms with Gasteiger partial charge in [0.1, 0.15) is 0 Å². The maximum atomic E-state index is 2.55. The maximum Gasteiger partial charge on any atom is 0.0485 e. The summed E-state index contributed by atoms with van der Waals surface area (Å²) in [5, 5.41) is 2.87. The molecule has 2 heteroatoms. The van der Waals surface area contributed by atoms with Gasteiger partial charge in [0.15, 0.2) is 0 Å². The summed E-state index contributed by atoms with van der Waals surface area (Å²) in [6, 6.07) is 17.9. The zero-order valence-electron chi connectivity index (χ0n) is 16.1. The highest BCUT2D eigenvalue weighted by Gasteiger charge is 2.36. The van der Waals surface area contributed by atoms with Crippen molar-refractivity contribution in [3.8, 4) is 0 Å². The second-order valence-electron chi connectivity index (χ2n) is 7.56. The van der Waals surface area contributed by atoms with Crippen LogP contribution in [-0.4, -0.2) is 9.13 Å². The lowest BCUT2D eigenvalue weighted by Gasteiger charge is -2.29. The number of para-hydroxylation sites is 2. The molecule has 0 aliphatic heterocycles. The SMILES string of the molecule is CCn1c2c(c3ccccc31)C(C)c1c(c3ccccc3n1CC)C2C. The second-order valence-corrected chi connectivity index (χ2v) is 7.56. The highest BCUT2D eigenvalue weighted by molar-refractivity contribution is 5.92. The number of hydrogen-bond acceptors (Lipinski definition) is 0. The van der Waals surface area contributed by atoms with Crippen LogP contribution in [-0.2, 0) is 13.1 Å². The van der Waals surface area contributed by atoms with Crippen molar-refractivity contribution >= 4 is 21.8 Å². The van der Waals surface area contributed by atoms with Crippen molar-refractivity contribution in [2.24, 2.45) is 0 Å². The molecule has 0 bridgehead atoms. The number of benzene rings is 2. The Kier molecular flexibility index (Phi) is 3.34. The maximum absolute atomic E-state index is 2.55. The molecule has 1 aliphatic carbocycles. The topological polar surface area (TPSA) is 9.86 Å². The summed E-state index contributed by atoms with van der Waals surface area (Å²) in [5.41, 5.74) is 8.90. The molecule has 2 aromatic heterocycles. The van der Waals surface area contributed by atoms with Gasteiger partial charge in [-0.1, -0.05) is 50.2 Å². The molecule has 1 aliphatic rings. The number of fused-ring (bicyclic) bond motifs is 6. The van der Waals surface area contributed by atoms with Gasteiger partial charge in [0.2, 0.25) is 0 Å². The standard InChI is InChI=1S/C24H26N2/c1-5-25-19-13-9-7-11-17(19)21-16(4)24-22(15(3)23(21)25)18-12-8-10-14-20(18)26(24)6-2/h7-16H,5-6H2,1-4H3. The van der Waals surface area contributed by atoms with Crippen LogP contribution in [0.15, 0.2) is 48.5 Å². The highest BCUT2D eigenvalue weighted by atomic mass is 15.0. The third kappa shape index (κ3) is 1.77. The van der Waals surface area contributed by atoms with Crippen molar-refractivity contribution in [1.29, 1.82) is 0 Å². The fraction of sp³-hybridized carbons (Fsp3) is 0.333. The van der Waals surface area contributed by atoms with E-state index in [4.69, 9.17) is 0 Å². The average molecular weight is 342 g/mol. The molecule has 0 saturated heterocycles. The first-order valence-corrected chi connectivity index (χ1v) is 9.91. The Labute approximate surface area is 155 Å². The van der Waals surface area contributed by atoms with Crippen molar-refractivity contribution in [3.63, 3.8) is 0 Å². The largest absolute Gasteiger partial charge is 0.344 e. The van der Waals surface area contributed by atoms with Crippen LogP contribution in [0.4, 0.5) is 0 Å². The summed E-state index contributed by atoms with van der Waals surface area (Å²) in [6.45, 7) is 11.4. The minimum Gasteiger partial charge on any atom is -0.344 e. The first kappa shape index (κ1) is 15.7. The monoisotopic (exact) mass is 342 g/mol. The Hall–Kier alpha value is -2.48. The molecule has 2 heterocycles. The van der Waals surface area contributed by atoms with Gasteiger partial charge in [-0.2, -0.15) is 0 Å². The molecule has 2 atom stereocenters. The third-order valence-electron chi connectivity index (χ3n) is 6.42. The summed E-state index contributed by atoms with van der Waals surface area (Å²) >= 11 is 0. The molecule has 26 heavy (non-hydrogen) atoms. The van der Waals surface area contributed by atoms with E-state index in [0.717, 1.165) is 13.1 Å². The Morgan fingerprint density at radius 2 is 1.04 bits per heavy atom. The summed E-state index contributed by atoms with van der Waals surface area (Å²) in [6.07, 6.45) is 0. The Morgan fingerprint density at radius 1 is 0.654 bits per heavy atom. The van der Waals surface area contributed by atoms with E-state index in [2.05, 4.69) is 85.4 Å². The fourth-order valence-electron chi connectivity index (χ4n) is 5.50. The molecule has 5 rings (SSSR count). The smallest absolute Gasteiger partial charge is 0.0485 e. The lowest BCUT2D eigenvalue weighted by Crippen LogP contribution is -2.19. The normalized spacial score (nSPS) is 19.1. The van der Waals surface area contributed by atoms with Crippen molar-refractivity contribution in [2.45, 2.75) is 52.6 Å². The molecule has 0 spiro atoms. The van der Waals surface area contributed by atoms with Gasteiger partial charge in [0.25, 0.3) is 0 Å². The fourth-order valence-corrected chi connectivity index (χ4v) is 5.50. The van der Waals surface area contributed by atoms with Crippen LogP contribution in [0.1, 0.15) is 62.0 Å². The zero-order valence-corrected chi connectivity index (χ0v) is 16.1. The van der Waals surface area contributed by atoms with Crippen LogP contribution in [0.5, 0.6) is 0 Å². The molecule has 2 nitrogen and oxygen atoms in total. The van der Waals surface area contributed by atoms with Gasteiger partial charge >= 0.3 is 0 Å². The van der Waals surface area contributed by atoms with Gasteiger partial charge in [0, 0.05) is 58.1 Å². The molecule has 0 radical (unpaired) electrons. The molecule has 2 unspecified atom stereocenters. The average Bonchev–Trinajstić information content (AvgIpc) is 3.19. The molecule has 0 fully saturated rings. The number of aromatic nitrogens is 2. The van der Waals surface area contributed by atoms with Gasteiger partial charge in [-0.3, -0.25) is 0 Å². The van der Waals surface area contributed by atoms with Crippen molar-refractivity contribution < 1.29 is 0 Å². The summed E-state index contributed by atoms with van der Waals surface area (Å²) in [7, 11) is 0. The van der Waals surface area contributed by atoms with E-state index >= 15 is 0 Å². The minimum atomic E-state index is 0.418. The predicted molar refractivity (Wildman–Crippen MR) is 110 cm³/mol. The molecule has 2 aromatic carbocycles. The van der Waals surface area contributed by atoms with Gasteiger partial charge in [-0.15, -0.1) is 0 Å². The van der Waals surface area contributed by atoms with Crippen molar-refractivity contribution in [3.05, 3.63) is 71.0 Å². The lowest BCUT2D eigenvalue weighted by atomic mass is 9.78. The molecular weight excluding hydrogens is 316 g/mol. The number of rotatable bonds is 2. The van der Waals surface area contributed by atoms with Crippen LogP contribution in [0.2, 0.25) is 0 Å². The van der Waals surface area contributed by atoms with E-state index in [0.29, 0.717) is 11.8 Å². The Morgan fingerprint density at radius 3 is 1.42 bits per heavy atom. The zero-order chi connectivity index (χ0) is 18.0. The van der Waals surface area contributed by atoms with Gasteiger partial charge in [-0.25, -0.2) is 0 Å². The molecule has 0 N–H and O–H groups in total. The lowest BCUT2D eigenvalue weighted by molar-refractivity contribution is 0.632. The minimum absolute atomic E-state index is 0.418. The van der Waals surface area contributed by atoms with Crippen LogP contribution in [0, 0.1) is 0 Å². The number of nitrogens with zero attached hydrogens (tertiary/aromatic N) is 2. The summed E-state index contributed by atoms with van der Waals surface area (Å²) in [5.74, 6) is 0.836. The van der Waals surface area contributed by atoms with Crippen LogP contribution >= 0.6 is 0 Å². The van der Waals surface area contributed by atoms with E-state index in [1.54, 1.807) is 11.1 Å². The van der Waals surface area contributed by atoms with Gasteiger partial charge < -0.3 is 9.13 Å². The van der Waals surface area contributed by atoms with Crippen LogP contribution < -0.4 is 0 Å². The summed E-state index contributed by atoms with van der Waals surface area (Å²) in [4.78, 5) is 0. The Balaban J connectivity index is 1.93. The van der Waals surface area contributed by atoms with E-state index in [1.807, 2.05) is 0 Å². The summed E-state index contributed by atoms with van der Waals surface area (Å²) < 4.78 is 5.10. The van der Waals surface area contributed by atoms with Crippen molar-refractivity contribution in [1.82, 2.24) is 9.13 Å². The number of aryl methyl sites for hydroxylation is 2.